The van der Waals surface area contributed by atoms with E-state index in [0.717, 1.165) is 44.9 Å². The number of carboxylic acids is 1. The molecule has 4 aliphatic carbocycles. The first-order valence-corrected chi connectivity index (χ1v) is 16.2. The van der Waals surface area contributed by atoms with Gasteiger partial charge in [-0.15, -0.1) is 0 Å². The van der Waals surface area contributed by atoms with E-state index in [-0.39, 0.29) is 71.4 Å². The van der Waals surface area contributed by atoms with E-state index in [1.54, 1.807) is 0 Å². The van der Waals surface area contributed by atoms with Crippen molar-refractivity contribution in [2.75, 3.05) is 13.1 Å². The summed E-state index contributed by atoms with van der Waals surface area (Å²) in [5, 5.41) is 47.8. The van der Waals surface area contributed by atoms with Crippen LogP contribution in [0.15, 0.2) is 0 Å². The van der Waals surface area contributed by atoms with Crippen molar-refractivity contribution in [3.05, 3.63) is 0 Å². The van der Waals surface area contributed by atoms with Gasteiger partial charge in [0.2, 0.25) is 11.8 Å². The summed E-state index contributed by atoms with van der Waals surface area (Å²) < 4.78 is 0. The number of carboxylic acid groups (broad SMARTS) is 1. The van der Waals surface area contributed by atoms with E-state index in [1.165, 1.54) is 0 Å². The third-order valence-corrected chi connectivity index (χ3v) is 12.1. The van der Waals surface area contributed by atoms with Crippen LogP contribution in [0.4, 0.5) is 0 Å². The Kier molecular flexibility index (Phi) is 10.4. The first-order valence-electron chi connectivity index (χ1n) is 16.2. The lowest BCUT2D eigenvalue weighted by molar-refractivity contribution is -0.207. The fourth-order valence-electron chi connectivity index (χ4n) is 9.81. The number of aliphatic hydroxyl groups excluding tert-OH is 3. The Balaban J connectivity index is 1.25. The van der Waals surface area contributed by atoms with Crippen LogP contribution in [0.2, 0.25) is 0 Å². The standard InChI is InChI=1S/C32H54N2O7/c1-19(8-11-28(39)34-14-4-6-27(38)33-15-5-7-29(40)41)22-9-10-23-30-24(18-26(37)32(22,23)3)31(2)13-12-21(35)16-20(31)17-25(30)36/h19-26,30,35-37H,4-18H2,1-3H3,(H,33,38)(H,34,39)(H,40,41)/t19?,20?,21-,22-,23?,24?,25-,26+,30?,31+,32-/m1/s1. The second-order valence-corrected chi connectivity index (χ2v) is 14.3. The second kappa shape index (κ2) is 13.3. The van der Waals surface area contributed by atoms with Gasteiger partial charge in [0.15, 0.2) is 0 Å². The molecule has 0 heterocycles. The minimum absolute atomic E-state index is 0.0242. The minimum atomic E-state index is -0.876. The van der Waals surface area contributed by atoms with Crippen LogP contribution < -0.4 is 10.6 Å². The quantitative estimate of drug-likeness (QED) is 0.194. The van der Waals surface area contributed by atoms with Gasteiger partial charge < -0.3 is 31.1 Å². The van der Waals surface area contributed by atoms with Gasteiger partial charge in [0.1, 0.15) is 0 Å². The van der Waals surface area contributed by atoms with Gasteiger partial charge in [-0.2, -0.15) is 0 Å². The number of hydrogen-bond acceptors (Lipinski definition) is 6. The predicted molar refractivity (Wildman–Crippen MR) is 155 cm³/mol. The lowest BCUT2D eigenvalue weighted by Crippen LogP contribution is -2.62. The molecule has 0 radical (unpaired) electrons. The molecule has 0 aromatic carbocycles. The number of rotatable bonds is 12. The number of nitrogens with one attached hydrogen (secondary N) is 2. The SMILES string of the molecule is CC(CCC(=O)NCCCC(=O)NCCCC(=O)O)[C@H]1CCC2C3C(C[C@H](O)[C@@]21C)[C@@]1(C)CC[C@@H](O)CC1C[C@H]3O. The smallest absolute Gasteiger partial charge is 0.303 e. The molecule has 4 fully saturated rings. The van der Waals surface area contributed by atoms with Crippen LogP contribution in [-0.2, 0) is 14.4 Å². The highest BCUT2D eigenvalue weighted by molar-refractivity contribution is 5.77. The Hall–Kier alpha value is -1.71. The molecule has 11 atom stereocenters. The number of fused-ring (bicyclic) bond motifs is 5. The molecule has 9 heteroatoms. The van der Waals surface area contributed by atoms with Crippen molar-refractivity contribution in [3.8, 4) is 0 Å². The minimum Gasteiger partial charge on any atom is -0.481 e. The van der Waals surface area contributed by atoms with Gasteiger partial charge in [0, 0.05) is 32.4 Å². The summed E-state index contributed by atoms with van der Waals surface area (Å²) >= 11 is 0. The number of carbonyl (C=O) groups excluding carboxylic acids is 2. The van der Waals surface area contributed by atoms with Crippen molar-refractivity contribution in [2.45, 2.75) is 123 Å². The molecule has 41 heavy (non-hydrogen) atoms. The first kappa shape index (κ1) is 32.2. The van der Waals surface area contributed by atoms with Gasteiger partial charge in [0.25, 0.3) is 0 Å². The summed E-state index contributed by atoms with van der Waals surface area (Å²) in [6.45, 7) is 7.57. The van der Waals surface area contributed by atoms with Crippen molar-refractivity contribution in [1.29, 1.82) is 0 Å². The fraction of sp³-hybridized carbons (Fsp3) is 0.906. The molecule has 234 valence electrons. The van der Waals surface area contributed by atoms with Gasteiger partial charge in [0.05, 0.1) is 18.3 Å². The van der Waals surface area contributed by atoms with Crippen molar-refractivity contribution in [2.24, 2.45) is 46.3 Å². The molecular weight excluding hydrogens is 524 g/mol. The number of aliphatic carboxylic acids is 1. The Morgan fingerprint density at radius 2 is 1.51 bits per heavy atom. The maximum atomic E-state index is 12.6. The zero-order valence-corrected chi connectivity index (χ0v) is 25.3. The number of carbonyl (C=O) groups is 3. The predicted octanol–water partition coefficient (Wildman–Crippen LogP) is 3.24. The summed E-state index contributed by atoms with van der Waals surface area (Å²) in [6, 6.07) is 0. The van der Waals surface area contributed by atoms with E-state index in [0.29, 0.717) is 50.6 Å². The molecule has 2 amide bonds. The normalized spacial score (nSPS) is 40.5. The molecule has 6 N–H and O–H groups in total. The van der Waals surface area contributed by atoms with Crippen LogP contribution in [0.5, 0.6) is 0 Å². The third kappa shape index (κ3) is 6.77. The highest BCUT2D eigenvalue weighted by Gasteiger charge is 2.65. The highest BCUT2D eigenvalue weighted by atomic mass is 16.4. The average molecular weight is 579 g/mol. The Morgan fingerprint density at radius 1 is 0.854 bits per heavy atom. The molecule has 0 saturated heterocycles. The molecule has 5 unspecified atom stereocenters. The Bertz CT molecular complexity index is 945. The van der Waals surface area contributed by atoms with E-state index in [9.17, 15) is 29.7 Å². The first-order chi connectivity index (χ1) is 19.4. The third-order valence-electron chi connectivity index (χ3n) is 12.1. The molecule has 9 nitrogen and oxygen atoms in total. The van der Waals surface area contributed by atoms with Crippen LogP contribution in [0.3, 0.4) is 0 Å². The number of hydrogen-bond donors (Lipinski definition) is 6. The van der Waals surface area contributed by atoms with Crippen molar-refractivity contribution >= 4 is 17.8 Å². The van der Waals surface area contributed by atoms with Crippen LogP contribution in [0.25, 0.3) is 0 Å². The summed E-state index contributed by atoms with van der Waals surface area (Å²) in [4.78, 5) is 34.9. The Morgan fingerprint density at radius 3 is 2.20 bits per heavy atom. The fourth-order valence-corrected chi connectivity index (χ4v) is 9.81. The second-order valence-electron chi connectivity index (χ2n) is 14.3. The van der Waals surface area contributed by atoms with E-state index >= 15 is 0 Å². The Labute approximate surface area is 245 Å². The van der Waals surface area contributed by atoms with Crippen molar-refractivity contribution < 1.29 is 34.8 Å². The van der Waals surface area contributed by atoms with Crippen molar-refractivity contribution in [3.63, 3.8) is 0 Å². The van der Waals surface area contributed by atoms with Crippen LogP contribution in [-0.4, -0.2) is 69.6 Å². The van der Waals surface area contributed by atoms with E-state index < -0.39 is 12.1 Å². The van der Waals surface area contributed by atoms with Crippen LogP contribution in [0, 0.1) is 46.3 Å². The van der Waals surface area contributed by atoms with E-state index in [1.807, 2.05) is 0 Å². The van der Waals surface area contributed by atoms with E-state index in [4.69, 9.17) is 5.11 Å². The summed E-state index contributed by atoms with van der Waals surface area (Å²) in [5.74, 6) is 0.587. The monoisotopic (exact) mass is 578 g/mol. The maximum absolute atomic E-state index is 12.6. The summed E-state index contributed by atoms with van der Waals surface area (Å²) in [5.41, 5.74) is -0.207. The molecule has 0 aromatic rings. The van der Waals surface area contributed by atoms with Gasteiger partial charge >= 0.3 is 5.97 Å². The lowest BCUT2D eigenvalue weighted by atomic mass is 9.43. The van der Waals surface area contributed by atoms with Gasteiger partial charge in [-0.3, -0.25) is 14.4 Å². The molecule has 4 aliphatic rings. The lowest BCUT2D eigenvalue weighted by Gasteiger charge is -2.63. The van der Waals surface area contributed by atoms with E-state index in [2.05, 4.69) is 31.4 Å². The zero-order valence-electron chi connectivity index (χ0n) is 25.3. The molecule has 0 spiro atoms. The summed E-state index contributed by atoms with van der Waals surface area (Å²) in [7, 11) is 0. The van der Waals surface area contributed by atoms with Gasteiger partial charge in [-0.1, -0.05) is 20.8 Å². The molecular formula is C32H54N2O7. The van der Waals surface area contributed by atoms with Crippen LogP contribution >= 0.6 is 0 Å². The number of aliphatic hydroxyl groups is 3. The van der Waals surface area contributed by atoms with Gasteiger partial charge in [-0.05, 0) is 111 Å². The average Bonchev–Trinajstić information content (AvgIpc) is 3.27. The largest absolute Gasteiger partial charge is 0.481 e. The summed E-state index contributed by atoms with van der Waals surface area (Å²) in [6.07, 6.45) is 7.36. The van der Waals surface area contributed by atoms with Crippen molar-refractivity contribution in [1.82, 2.24) is 10.6 Å². The molecule has 0 aliphatic heterocycles. The molecule has 4 rings (SSSR count). The zero-order chi connectivity index (χ0) is 29.9. The maximum Gasteiger partial charge on any atom is 0.303 e. The number of amides is 2. The molecule has 0 aromatic heterocycles. The van der Waals surface area contributed by atoms with Crippen LogP contribution in [0.1, 0.15) is 104 Å². The molecule has 0 bridgehead atoms. The molecule has 4 saturated carbocycles. The topological polar surface area (TPSA) is 156 Å². The van der Waals surface area contributed by atoms with Gasteiger partial charge in [-0.25, -0.2) is 0 Å². The highest BCUT2D eigenvalue weighted by Crippen LogP contribution is 2.68.